The van der Waals surface area contributed by atoms with Crippen molar-refractivity contribution < 1.29 is 4.79 Å². The van der Waals surface area contributed by atoms with Crippen molar-refractivity contribution in [1.29, 1.82) is 0 Å². The number of ketones is 1. The molecule has 0 saturated heterocycles. The van der Waals surface area contributed by atoms with E-state index in [1.54, 1.807) is 11.3 Å². The number of Topliss-reactive ketones (excluding diaryl/α,β-unsaturated/α-hetero) is 1. The molecule has 2 rings (SSSR count). The van der Waals surface area contributed by atoms with Gasteiger partial charge in [-0.2, -0.15) is 0 Å². The Bertz CT molecular complexity index is 496. The fourth-order valence-corrected chi connectivity index (χ4v) is 2.71. The molecule has 1 aromatic carbocycles. The number of thiophene rings is 1. The molecule has 0 atom stereocenters. The molecule has 1 heterocycles. The van der Waals surface area contributed by atoms with E-state index in [4.69, 9.17) is 0 Å². The smallest absolute Gasteiger partial charge is 0.164 e. The Morgan fingerprint density at radius 3 is 2.81 bits per heavy atom. The zero-order valence-electron chi connectivity index (χ0n) is 9.69. The topological polar surface area (TPSA) is 17.1 Å². The van der Waals surface area contributed by atoms with Gasteiger partial charge in [0.05, 0.1) is 0 Å². The molecule has 0 bridgehead atoms. The minimum absolute atomic E-state index is 0.283. The predicted octanol–water partition coefficient (Wildman–Crippen LogP) is 4.52. The maximum absolute atomic E-state index is 12.0. The van der Waals surface area contributed by atoms with Gasteiger partial charge in [0.25, 0.3) is 0 Å². The summed E-state index contributed by atoms with van der Waals surface area (Å²) in [7, 11) is 0. The van der Waals surface area contributed by atoms with E-state index in [-0.39, 0.29) is 5.78 Å². The predicted molar refractivity (Wildman–Crippen MR) is 70.2 cm³/mol. The number of hydrogen-bond donors (Lipinski definition) is 0. The number of carbonyl (C=O) groups is 1. The Hall–Kier alpha value is -1.15. The van der Waals surface area contributed by atoms with E-state index < -0.39 is 0 Å². The van der Waals surface area contributed by atoms with Crippen LogP contribution in [0.3, 0.4) is 0 Å². The van der Waals surface area contributed by atoms with Gasteiger partial charge in [-0.05, 0) is 18.4 Å². The number of rotatable bonds is 4. The van der Waals surface area contributed by atoms with Gasteiger partial charge in [-0.15, -0.1) is 11.3 Å². The van der Waals surface area contributed by atoms with Crippen molar-refractivity contribution in [1.82, 2.24) is 0 Å². The van der Waals surface area contributed by atoms with Crippen LogP contribution in [0.2, 0.25) is 0 Å². The van der Waals surface area contributed by atoms with Gasteiger partial charge >= 0.3 is 0 Å². The van der Waals surface area contributed by atoms with Crippen LogP contribution in [-0.4, -0.2) is 5.78 Å². The van der Waals surface area contributed by atoms with E-state index in [0.717, 1.165) is 17.4 Å². The van der Waals surface area contributed by atoms with Gasteiger partial charge < -0.3 is 0 Å². The average Bonchev–Trinajstić information content (AvgIpc) is 2.69. The van der Waals surface area contributed by atoms with E-state index >= 15 is 0 Å². The first kappa shape index (κ1) is 11.3. The Labute approximate surface area is 100 Å². The Morgan fingerprint density at radius 1 is 1.31 bits per heavy atom. The van der Waals surface area contributed by atoms with Gasteiger partial charge in [0.1, 0.15) is 0 Å². The van der Waals surface area contributed by atoms with Crippen LogP contribution in [0.25, 0.3) is 10.1 Å². The summed E-state index contributed by atoms with van der Waals surface area (Å²) >= 11 is 1.66. The summed E-state index contributed by atoms with van der Waals surface area (Å²) in [6.45, 7) is 4.30. The third-order valence-electron chi connectivity index (χ3n) is 2.73. The summed E-state index contributed by atoms with van der Waals surface area (Å²) < 4.78 is 1.20. The minimum Gasteiger partial charge on any atom is -0.294 e. The Balaban J connectivity index is 2.23. The summed E-state index contributed by atoms with van der Waals surface area (Å²) in [6, 6.07) is 8.11. The van der Waals surface area contributed by atoms with Gasteiger partial charge in [0.15, 0.2) is 5.78 Å². The molecule has 1 aromatic heterocycles. The average molecular weight is 232 g/mol. The lowest BCUT2D eigenvalue weighted by molar-refractivity contribution is 0.0977. The number of benzene rings is 1. The highest BCUT2D eigenvalue weighted by atomic mass is 32.1. The van der Waals surface area contributed by atoms with E-state index in [0.29, 0.717) is 12.3 Å². The second kappa shape index (κ2) is 4.79. The largest absolute Gasteiger partial charge is 0.294 e. The normalized spacial score (nSPS) is 11.2. The molecule has 0 spiro atoms. The van der Waals surface area contributed by atoms with Crippen LogP contribution < -0.4 is 0 Å². The summed E-state index contributed by atoms with van der Waals surface area (Å²) in [6.07, 6.45) is 1.64. The van der Waals surface area contributed by atoms with Gasteiger partial charge in [0.2, 0.25) is 0 Å². The third kappa shape index (κ3) is 2.33. The molecule has 2 heteroatoms. The van der Waals surface area contributed by atoms with Crippen molar-refractivity contribution in [2.75, 3.05) is 0 Å². The van der Waals surface area contributed by atoms with Crippen molar-refractivity contribution >= 4 is 27.2 Å². The number of fused-ring (bicyclic) bond motifs is 1. The van der Waals surface area contributed by atoms with Crippen LogP contribution >= 0.6 is 11.3 Å². The second-order valence-corrected chi connectivity index (χ2v) is 5.41. The Morgan fingerprint density at radius 2 is 2.06 bits per heavy atom. The molecule has 0 N–H and O–H groups in total. The summed E-state index contributed by atoms with van der Waals surface area (Å²) in [5.41, 5.74) is 0.904. The van der Waals surface area contributed by atoms with Gasteiger partial charge in [0, 0.05) is 27.5 Å². The second-order valence-electron chi connectivity index (χ2n) is 4.50. The van der Waals surface area contributed by atoms with Crippen LogP contribution in [0.4, 0.5) is 0 Å². The molecule has 0 aliphatic heterocycles. The summed E-state index contributed by atoms with van der Waals surface area (Å²) in [4.78, 5) is 12.0. The quantitative estimate of drug-likeness (QED) is 0.708. The van der Waals surface area contributed by atoms with Crippen molar-refractivity contribution in [2.24, 2.45) is 5.92 Å². The monoisotopic (exact) mass is 232 g/mol. The molecule has 16 heavy (non-hydrogen) atoms. The zero-order valence-corrected chi connectivity index (χ0v) is 10.5. The van der Waals surface area contributed by atoms with Crippen molar-refractivity contribution in [3.8, 4) is 0 Å². The van der Waals surface area contributed by atoms with Crippen LogP contribution in [0, 0.1) is 5.92 Å². The lowest BCUT2D eigenvalue weighted by Crippen LogP contribution is -2.00. The zero-order chi connectivity index (χ0) is 11.5. The lowest BCUT2D eigenvalue weighted by Gasteiger charge is -2.02. The molecule has 0 amide bonds. The first-order valence-corrected chi connectivity index (χ1v) is 6.56. The van der Waals surface area contributed by atoms with Crippen molar-refractivity contribution in [3.63, 3.8) is 0 Å². The molecule has 0 unspecified atom stereocenters. The van der Waals surface area contributed by atoms with Crippen molar-refractivity contribution in [3.05, 3.63) is 35.2 Å². The first-order chi connectivity index (χ1) is 7.68. The van der Waals surface area contributed by atoms with Crippen LogP contribution in [0.15, 0.2) is 29.6 Å². The third-order valence-corrected chi connectivity index (χ3v) is 3.69. The molecular formula is C14H16OS. The Kier molecular flexibility index (Phi) is 3.39. The molecule has 0 saturated carbocycles. The fourth-order valence-electron chi connectivity index (χ4n) is 1.75. The number of carbonyl (C=O) groups excluding carboxylic acids is 1. The van der Waals surface area contributed by atoms with Gasteiger partial charge in [-0.25, -0.2) is 0 Å². The van der Waals surface area contributed by atoms with Crippen LogP contribution in [0.1, 0.15) is 37.0 Å². The lowest BCUT2D eigenvalue weighted by atomic mass is 10.0. The highest BCUT2D eigenvalue weighted by Crippen LogP contribution is 2.27. The minimum atomic E-state index is 0.283. The molecule has 0 aliphatic carbocycles. The standard InChI is InChI=1S/C14H16OS/c1-10(2)7-8-13(15)12-9-16-14-6-4-3-5-11(12)14/h3-6,9-10H,7-8H2,1-2H3. The van der Waals surface area contributed by atoms with Crippen molar-refractivity contribution in [2.45, 2.75) is 26.7 Å². The molecule has 0 aliphatic rings. The molecule has 0 fully saturated rings. The molecule has 2 aromatic rings. The number of hydrogen-bond acceptors (Lipinski definition) is 2. The molecule has 1 nitrogen and oxygen atoms in total. The molecule has 84 valence electrons. The fraction of sp³-hybridized carbons (Fsp3) is 0.357. The summed E-state index contributed by atoms with van der Waals surface area (Å²) in [5, 5.41) is 3.11. The highest BCUT2D eigenvalue weighted by molar-refractivity contribution is 7.17. The SMILES string of the molecule is CC(C)CCC(=O)c1csc2ccccc12. The van der Waals surface area contributed by atoms with Gasteiger partial charge in [-0.1, -0.05) is 32.0 Å². The highest BCUT2D eigenvalue weighted by Gasteiger charge is 2.11. The van der Waals surface area contributed by atoms with E-state index in [9.17, 15) is 4.79 Å². The van der Waals surface area contributed by atoms with E-state index in [1.165, 1.54) is 4.70 Å². The van der Waals surface area contributed by atoms with Crippen LogP contribution in [-0.2, 0) is 0 Å². The maximum atomic E-state index is 12.0. The van der Waals surface area contributed by atoms with E-state index in [1.807, 2.05) is 23.6 Å². The first-order valence-electron chi connectivity index (χ1n) is 5.68. The molecular weight excluding hydrogens is 216 g/mol. The summed E-state index contributed by atoms with van der Waals surface area (Å²) in [5.74, 6) is 0.875. The molecule has 0 radical (unpaired) electrons. The maximum Gasteiger partial charge on any atom is 0.164 e. The van der Waals surface area contributed by atoms with E-state index in [2.05, 4.69) is 19.9 Å². The van der Waals surface area contributed by atoms with Crippen LogP contribution in [0.5, 0.6) is 0 Å². The van der Waals surface area contributed by atoms with Gasteiger partial charge in [-0.3, -0.25) is 4.79 Å².